The van der Waals surface area contributed by atoms with Gasteiger partial charge in [-0.25, -0.2) is 4.79 Å². The number of β-amino-alcohol motifs (C(OH)–C–C–N with tert-alkyl or cyclic N) is 1. The Labute approximate surface area is 119 Å². The highest BCUT2D eigenvalue weighted by Gasteiger charge is 2.42. The van der Waals surface area contributed by atoms with Gasteiger partial charge in [-0.1, -0.05) is 6.92 Å². The Morgan fingerprint density at radius 2 is 1.95 bits per heavy atom. The van der Waals surface area contributed by atoms with Crippen LogP contribution in [-0.2, 0) is 0 Å². The molecule has 0 saturated carbocycles. The Balaban J connectivity index is 1.88. The minimum absolute atomic E-state index is 0.241. The summed E-state index contributed by atoms with van der Waals surface area (Å²) in [7, 11) is 0. The van der Waals surface area contributed by atoms with Crippen LogP contribution in [0.25, 0.3) is 0 Å². The number of alkyl halides is 3. The number of carbonyl (C=O) groups excluding carboxylic acids is 1. The third-order valence-corrected chi connectivity index (χ3v) is 3.25. The van der Waals surface area contributed by atoms with Crippen LogP contribution in [0.15, 0.2) is 24.3 Å². The molecule has 116 valence electrons. The third-order valence-electron chi connectivity index (χ3n) is 3.25. The summed E-state index contributed by atoms with van der Waals surface area (Å²) in [5.74, 6) is -0.357. The molecule has 5 nitrogen and oxygen atoms in total. The van der Waals surface area contributed by atoms with Gasteiger partial charge in [0.1, 0.15) is 5.75 Å². The van der Waals surface area contributed by atoms with E-state index in [0.717, 1.165) is 12.1 Å². The van der Waals surface area contributed by atoms with E-state index in [0.29, 0.717) is 12.1 Å². The van der Waals surface area contributed by atoms with Crippen LogP contribution in [0.1, 0.15) is 13.3 Å². The average Bonchev–Trinajstić information content (AvgIpc) is 2.35. The van der Waals surface area contributed by atoms with Crippen molar-refractivity contribution in [3.63, 3.8) is 0 Å². The van der Waals surface area contributed by atoms with Crippen molar-refractivity contribution in [1.29, 1.82) is 0 Å². The monoisotopic (exact) mass is 304 g/mol. The van der Waals surface area contributed by atoms with E-state index in [9.17, 15) is 23.1 Å². The number of nitrogens with zero attached hydrogens (tertiary/aromatic N) is 1. The zero-order valence-corrected chi connectivity index (χ0v) is 11.3. The lowest BCUT2D eigenvalue weighted by atomic mass is 9.92. The summed E-state index contributed by atoms with van der Waals surface area (Å²) in [4.78, 5) is 13.2. The standard InChI is InChI=1S/C13H15F3N2O3/c1-2-12(20)7-18(8-12)11(19)17-9-3-5-10(6-4-9)21-13(14,15)16/h3-6,20H,2,7-8H2,1H3,(H,17,19). The fourth-order valence-electron chi connectivity index (χ4n) is 1.97. The number of halogens is 3. The number of hydrogen-bond acceptors (Lipinski definition) is 3. The van der Waals surface area contributed by atoms with E-state index in [2.05, 4.69) is 10.1 Å². The Kier molecular flexibility index (Phi) is 3.99. The molecule has 21 heavy (non-hydrogen) atoms. The van der Waals surface area contributed by atoms with Crippen LogP contribution in [0.4, 0.5) is 23.7 Å². The van der Waals surface area contributed by atoms with Crippen LogP contribution in [0.3, 0.4) is 0 Å². The van der Waals surface area contributed by atoms with Crippen molar-refractivity contribution >= 4 is 11.7 Å². The van der Waals surface area contributed by atoms with Crippen LogP contribution >= 0.6 is 0 Å². The SMILES string of the molecule is CCC1(O)CN(C(=O)Nc2ccc(OC(F)(F)F)cc2)C1. The molecule has 0 aromatic heterocycles. The second kappa shape index (κ2) is 5.44. The molecule has 0 unspecified atom stereocenters. The Hall–Kier alpha value is -1.96. The lowest BCUT2D eigenvalue weighted by molar-refractivity contribution is -0.274. The van der Waals surface area contributed by atoms with Gasteiger partial charge in [0.2, 0.25) is 0 Å². The maximum atomic E-state index is 12.0. The minimum atomic E-state index is -4.74. The summed E-state index contributed by atoms with van der Waals surface area (Å²) in [5, 5.41) is 12.3. The van der Waals surface area contributed by atoms with Crippen molar-refractivity contribution in [3.05, 3.63) is 24.3 Å². The maximum Gasteiger partial charge on any atom is 0.573 e. The van der Waals surface area contributed by atoms with Gasteiger partial charge in [-0.15, -0.1) is 13.2 Å². The molecule has 8 heteroatoms. The van der Waals surface area contributed by atoms with Crippen LogP contribution in [-0.4, -0.2) is 41.1 Å². The topological polar surface area (TPSA) is 61.8 Å². The van der Waals surface area contributed by atoms with E-state index < -0.39 is 18.0 Å². The average molecular weight is 304 g/mol. The Bertz CT molecular complexity index is 510. The molecule has 1 saturated heterocycles. The molecule has 1 aliphatic heterocycles. The second-order valence-electron chi connectivity index (χ2n) is 4.94. The summed E-state index contributed by atoms with van der Waals surface area (Å²) >= 11 is 0. The second-order valence-corrected chi connectivity index (χ2v) is 4.94. The molecule has 0 spiro atoms. The fourth-order valence-corrected chi connectivity index (χ4v) is 1.97. The molecule has 1 fully saturated rings. The number of benzene rings is 1. The van der Waals surface area contributed by atoms with Crippen molar-refractivity contribution < 1.29 is 27.8 Å². The highest BCUT2D eigenvalue weighted by Crippen LogP contribution is 2.26. The molecule has 1 heterocycles. The van der Waals surface area contributed by atoms with E-state index in [1.54, 1.807) is 0 Å². The van der Waals surface area contributed by atoms with Gasteiger partial charge in [-0.05, 0) is 30.7 Å². The summed E-state index contributed by atoms with van der Waals surface area (Å²) in [5.41, 5.74) is -0.483. The number of rotatable bonds is 3. The molecule has 0 bridgehead atoms. The number of anilines is 1. The molecule has 2 N–H and O–H groups in total. The number of nitrogens with one attached hydrogen (secondary N) is 1. The lowest BCUT2D eigenvalue weighted by Crippen LogP contribution is -2.63. The lowest BCUT2D eigenvalue weighted by Gasteiger charge is -2.45. The number of hydrogen-bond donors (Lipinski definition) is 2. The predicted molar refractivity (Wildman–Crippen MR) is 69.0 cm³/mol. The highest BCUT2D eigenvalue weighted by molar-refractivity contribution is 5.90. The number of likely N-dealkylation sites (tertiary alicyclic amines) is 1. The van der Waals surface area contributed by atoms with Crippen molar-refractivity contribution in [2.45, 2.75) is 25.3 Å². The molecule has 1 aliphatic rings. The number of carbonyl (C=O) groups is 1. The van der Waals surface area contributed by atoms with Gasteiger partial charge < -0.3 is 20.1 Å². The maximum absolute atomic E-state index is 12.0. The van der Waals surface area contributed by atoms with E-state index >= 15 is 0 Å². The highest BCUT2D eigenvalue weighted by atomic mass is 19.4. The van der Waals surface area contributed by atoms with Gasteiger partial charge in [0.25, 0.3) is 0 Å². The fraction of sp³-hybridized carbons (Fsp3) is 0.462. The van der Waals surface area contributed by atoms with E-state index in [1.807, 2.05) is 6.92 Å². The molecule has 0 radical (unpaired) electrons. The van der Waals surface area contributed by atoms with E-state index in [1.165, 1.54) is 17.0 Å². The largest absolute Gasteiger partial charge is 0.573 e. The van der Waals surface area contributed by atoms with Crippen LogP contribution in [0.5, 0.6) is 5.75 Å². The summed E-state index contributed by atoms with van der Waals surface area (Å²) in [6.07, 6.45) is -4.19. The van der Waals surface area contributed by atoms with Gasteiger partial charge in [0, 0.05) is 5.69 Å². The first-order valence-corrected chi connectivity index (χ1v) is 6.35. The zero-order valence-electron chi connectivity index (χ0n) is 11.3. The number of urea groups is 1. The van der Waals surface area contributed by atoms with Gasteiger partial charge in [-0.2, -0.15) is 0 Å². The first kappa shape index (κ1) is 15.4. The normalized spacial score (nSPS) is 17.1. The summed E-state index contributed by atoms with van der Waals surface area (Å²) in [6, 6.07) is 4.44. The minimum Gasteiger partial charge on any atom is -0.406 e. The molecule has 1 aromatic carbocycles. The van der Waals surface area contributed by atoms with Gasteiger partial charge in [0.05, 0.1) is 18.7 Å². The Morgan fingerprint density at radius 3 is 2.43 bits per heavy atom. The smallest absolute Gasteiger partial charge is 0.406 e. The van der Waals surface area contributed by atoms with Crippen molar-refractivity contribution in [1.82, 2.24) is 4.90 Å². The zero-order chi connectivity index (χ0) is 15.7. The molecular weight excluding hydrogens is 289 g/mol. The number of ether oxygens (including phenoxy) is 1. The van der Waals surface area contributed by atoms with Gasteiger partial charge in [0.15, 0.2) is 0 Å². The molecule has 1 aromatic rings. The molecule has 2 amide bonds. The summed E-state index contributed by atoms with van der Waals surface area (Å²) < 4.78 is 39.7. The first-order valence-electron chi connectivity index (χ1n) is 6.35. The van der Waals surface area contributed by atoms with Gasteiger partial charge in [-0.3, -0.25) is 0 Å². The third kappa shape index (κ3) is 4.01. The molecule has 0 atom stereocenters. The first-order chi connectivity index (χ1) is 9.71. The number of amides is 2. The van der Waals surface area contributed by atoms with E-state index in [4.69, 9.17) is 0 Å². The molecule has 0 aliphatic carbocycles. The van der Waals surface area contributed by atoms with E-state index in [-0.39, 0.29) is 18.8 Å². The van der Waals surface area contributed by atoms with Crippen molar-refractivity contribution in [3.8, 4) is 5.75 Å². The van der Waals surface area contributed by atoms with Crippen molar-refractivity contribution in [2.24, 2.45) is 0 Å². The Morgan fingerprint density at radius 1 is 1.38 bits per heavy atom. The van der Waals surface area contributed by atoms with Gasteiger partial charge >= 0.3 is 12.4 Å². The number of aliphatic hydroxyl groups is 1. The molecule has 2 rings (SSSR count). The quantitative estimate of drug-likeness (QED) is 0.902. The van der Waals surface area contributed by atoms with Crippen molar-refractivity contribution in [2.75, 3.05) is 18.4 Å². The predicted octanol–water partition coefficient (Wildman–Crippen LogP) is 2.57. The summed E-state index contributed by atoms with van der Waals surface area (Å²) in [6.45, 7) is 2.31. The van der Waals surface area contributed by atoms with Crippen LogP contribution in [0, 0.1) is 0 Å². The van der Waals surface area contributed by atoms with Crippen LogP contribution in [0.2, 0.25) is 0 Å². The van der Waals surface area contributed by atoms with Crippen LogP contribution < -0.4 is 10.1 Å². The molecular formula is C13H15F3N2O3.